The molecular weight excluding hydrogens is 264 g/mol. The highest BCUT2D eigenvalue weighted by atomic mass is 16.3. The van der Waals surface area contributed by atoms with E-state index in [-0.39, 0.29) is 5.92 Å². The third kappa shape index (κ3) is 2.72. The van der Waals surface area contributed by atoms with E-state index in [1.165, 1.54) is 0 Å². The normalized spacial score (nSPS) is 32.8. The van der Waals surface area contributed by atoms with Gasteiger partial charge in [-0.2, -0.15) is 0 Å². The molecule has 1 fully saturated rings. The third-order valence-corrected chi connectivity index (χ3v) is 4.45. The third-order valence-electron chi connectivity index (χ3n) is 4.45. The number of benzene rings is 2. The van der Waals surface area contributed by atoms with Crippen molar-refractivity contribution in [2.75, 3.05) is 0 Å². The highest BCUT2D eigenvalue weighted by molar-refractivity contribution is 5.28. The van der Waals surface area contributed by atoms with Crippen molar-refractivity contribution in [3.05, 3.63) is 71.8 Å². The van der Waals surface area contributed by atoms with Gasteiger partial charge >= 0.3 is 0 Å². The Bertz CT molecular complexity index is 570. The van der Waals surface area contributed by atoms with Gasteiger partial charge in [-0.15, -0.1) is 0 Å². The van der Waals surface area contributed by atoms with E-state index in [1.807, 2.05) is 60.7 Å². The van der Waals surface area contributed by atoms with Crippen molar-refractivity contribution >= 4 is 0 Å². The van der Waals surface area contributed by atoms with Gasteiger partial charge in [-0.1, -0.05) is 60.7 Å². The van der Waals surface area contributed by atoms with Crippen LogP contribution in [0.25, 0.3) is 0 Å². The number of rotatable bonds is 2. The molecule has 3 N–H and O–H groups in total. The second kappa shape index (κ2) is 5.98. The van der Waals surface area contributed by atoms with Gasteiger partial charge in [0.2, 0.25) is 0 Å². The molecule has 0 saturated heterocycles. The predicted molar refractivity (Wildman–Crippen MR) is 81.0 cm³/mol. The van der Waals surface area contributed by atoms with Crippen LogP contribution in [-0.4, -0.2) is 33.6 Å². The van der Waals surface area contributed by atoms with Gasteiger partial charge in [-0.3, -0.25) is 0 Å². The quantitative estimate of drug-likeness (QED) is 0.791. The summed E-state index contributed by atoms with van der Waals surface area (Å²) in [5.74, 6) is -0.683. The smallest absolute Gasteiger partial charge is 0.0898 e. The molecule has 3 nitrogen and oxygen atoms in total. The largest absolute Gasteiger partial charge is 0.392 e. The summed E-state index contributed by atoms with van der Waals surface area (Å²) >= 11 is 0. The average Bonchev–Trinajstić information content (AvgIpc) is 2.53. The van der Waals surface area contributed by atoms with Gasteiger partial charge in [0.15, 0.2) is 0 Å². The second-order valence-corrected chi connectivity index (χ2v) is 5.74. The average molecular weight is 284 g/mol. The van der Waals surface area contributed by atoms with Crippen molar-refractivity contribution in [2.24, 2.45) is 0 Å². The zero-order chi connectivity index (χ0) is 14.8. The van der Waals surface area contributed by atoms with Crippen molar-refractivity contribution < 1.29 is 15.3 Å². The number of hydrogen-bond acceptors (Lipinski definition) is 3. The van der Waals surface area contributed by atoms with E-state index in [0.717, 1.165) is 11.1 Å². The lowest BCUT2D eigenvalue weighted by atomic mass is 9.71. The molecule has 0 spiro atoms. The molecule has 0 heterocycles. The maximum absolute atomic E-state index is 10.5. The predicted octanol–water partition coefficient (Wildman–Crippen LogP) is 2.04. The fraction of sp³-hybridized carbons (Fsp3) is 0.333. The van der Waals surface area contributed by atoms with E-state index < -0.39 is 24.2 Å². The van der Waals surface area contributed by atoms with E-state index >= 15 is 0 Å². The summed E-state index contributed by atoms with van der Waals surface area (Å²) < 4.78 is 0. The summed E-state index contributed by atoms with van der Waals surface area (Å²) in [6.07, 6.45) is -2.07. The van der Waals surface area contributed by atoms with Crippen molar-refractivity contribution in [2.45, 2.75) is 36.6 Å². The SMILES string of the molecule is OC1CC(c2ccccc2)C(O)C(O)C1c1ccccc1. The van der Waals surface area contributed by atoms with E-state index in [0.29, 0.717) is 6.42 Å². The molecular formula is C18H20O3. The summed E-state index contributed by atoms with van der Waals surface area (Å²) in [6, 6.07) is 19.0. The minimum Gasteiger partial charge on any atom is -0.392 e. The molecule has 1 aliphatic rings. The topological polar surface area (TPSA) is 60.7 Å². The maximum Gasteiger partial charge on any atom is 0.0898 e. The van der Waals surface area contributed by atoms with E-state index in [2.05, 4.69) is 0 Å². The van der Waals surface area contributed by atoms with Crippen LogP contribution in [0.4, 0.5) is 0 Å². The Balaban J connectivity index is 1.88. The van der Waals surface area contributed by atoms with Gasteiger partial charge in [-0.25, -0.2) is 0 Å². The van der Waals surface area contributed by atoms with Crippen LogP contribution in [0.5, 0.6) is 0 Å². The first-order chi connectivity index (χ1) is 10.2. The summed E-state index contributed by atoms with van der Waals surface area (Å²) in [6.45, 7) is 0. The Hall–Kier alpha value is -1.68. The molecule has 110 valence electrons. The molecule has 3 rings (SSSR count). The van der Waals surface area contributed by atoms with E-state index in [1.54, 1.807) is 0 Å². The first kappa shape index (κ1) is 14.3. The first-order valence-corrected chi connectivity index (χ1v) is 7.32. The summed E-state index contributed by atoms with van der Waals surface area (Å²) in [5, 5.41) is 31.4. The Morgan fingerprint density at radius 1 is 0.667 bits per heavy atom. The van der Waals surface area contributed by atoms with Crippen molar-refractivity contribution in [1.82, 2.24) is 0 Å². The lowest BCUT2D eigenvalue weighted by Gasteiger charge is -2.41. The summed E-state index contributed by atoms with van der Waals surface area (Å²) in [5.41, 5.74) is 1.82. The first-order valence-electron chi connectivity index (χ1n) is 7.32. The Labute approximate surface area is 124 Å². The fourth-order valence-corrected chi connectivity index (χ4v) is 3.35. The number of hydrogen-bond donors (Lipinski definition) is 3. The molecule has 0 aliphatic heterocycles. The number of aliphatic hydroxyl groups excluding tert-OH is 3. The standard InChI is InChI=1S/C18H20O3/c19-15-11-14(12-7-3-1-4-8-12)17(20)18(21)16(15)13-9-5-2-6-10-13/h1-10,14-21H,11H2. The van der Waals surface area contributed by atoms with Crippen molar-refractivity contribution in [1.29, 1.82) is 0 Å². The zero-order valence-corrected chi connectivity index (χ0v) is 11.7. The zero-order valence-electron chi connectivity index (χ0n) is 11.7. The molecule has 0 radical (unpaired) electrons. The van der Waals surface area contributed by atoms with Crippen LogP contribution in [0.3, 0.4) is 0 Å². The molecule has 21 heavy (non-hydrogen) atoms. The minimum absolute atomic E-state index is 0.240. The highest BCUT2D eigenvalue weighted by Gasteiger charge is 2.43. The van der Waals surface area contributed by atoms with Gasteiger partial charge in [0, 0.05) is 11.8 Å². The molecule has 3 heteroatoms. The minimum atomic E-state index is -0.971. The molecule has 1 aliphatic carbocycles. The second-order valence-electron chi connectivity index (χ2n) is 5.74. The van der Waals surface area contributed by atoms with Gasteiger partial charge in [0.25, 0.3) is 0 Å². The van der Waals surface area contributed by atoms with Crippen LogP contribution >= 0.6 is 0 Å². The molecule has 2 aromatic carbocycles. The van der Waals surface area contributed by atoms with Crippen LogP contribution in [0.1, 0.15) is 29.4 Å². The Kier molecular flexibility index (Phi) is 4.06. The van der Waals surface area contributed by atoms with Gasteiger partial charge in [0.05, 0.1) is 18.3 Å². The molecule has 5 atom stereocenters. The van der Waals surface area contributed by atoms with Gasteiger partial charge < -0.3 is 15.3 Å². The fourth-order valence-electron chi connectivity index (χ4n) is 3.35. The molecule has 0 amide bonds. The van der Waals surface area contributed by atoms with Crippen LogP contribution in [0.2, 0.25) is 0 Å². The molecule has 0 aromatic heterocycles. The van der Waals surface area contributed by atoms with Crippen LogP contribution in [0, 0.1) is 0 Å². The molecule has 2 aromatic rings. The molecule has 1 saturated carbocycles. The maximum atomic E-state index is 10.5. The summed E-state index contributed by atoms with van der Waals surface area (Å²) in [4.78, 5) is 0. The lowest BCUT2D eigenvalue weighted by Crippen LogP contribution is -2.47. The van der Waals surface area contributed by atoms with Crippen LogP contribution in [0.15, 0.2) is 60.7 Å². The monoisotopic (exact) mass is 284 g/mol. The van der Waals surface area contributed by atoms with Crippen molar-refractivity contribution in [3.63, 3.8) is 0 Å². The molecule has 0 bridgehead atoms. The van der Waals surface area contributed by atoms with Crippen LogP contribution in [-0.2, 0) is 0 Å². The number of aliphatic hydroxyl groups is 3. The van der Waals surface area contributed by atoms with E-state index in [9.17, 15) is 15.3 Å². The lowest BCUT2D eigenvalue weighted by molar-refractivity contribution is -0.0799. The van der Waals surface area contributed by atoms with Gasteiger partial charge in [-0.05, 0) is 17.5 Å². The molecule has 5 unspecified atom stereocenters. The van der Waals surface area contributed by atoms with Crippen molar-refractivity contribution in [3.8, 4) is 0 Å². The van der Waals surface area contributed by atoms with Gasteiger partial charge in [0.1, 0.15) is 0 Å². The highest BCUT2D eigenvalue weighted by Crippen LogP contribution is 2.41. The Morgan fingerprint density at radius 3 is 1.76 bits per heavy atom. The van der Waals surface area contributed by atoms with Crippen LogP contribution < -0.4 is 0 Å². The van der Waals surface area contributed by atoms with E-state index in [4.69, 9.17) is 0 Å². The summed E-state index contributed by atoms with van der Waals surface area (Å²) in [7, 11) is 0. The Morgan fingerprint density at radius 2 is 1.19 bits per heavy atom.